The maximum absolute atomic E-state index is 5.21. The quantitative estimate of drug-likeness (QED) is 0.278. The molecule has 4 nitrogen and oxygen atoms in total. The van der Waals surface area contributed by atoms with Gasteiger partial charge < -0.3 is 4.84 Å². The highest BCUT2D eigenvalue weighted by atomic mass is 16.6. The predicted molar refractivity (Wildman–Crippen MR) is 93.2 cm³/mol. The van der Waals surface area contributed by atoms with E-state index in [-0.39, 0.29) is 6.61 Å². The number of hydrogen-bond donors (Lipinski definition) is 0. The topological polar surface area (TPSA) is 39.4 Å². The van der Waals surface area contributed by atoms with E-state index in [0.717, 1.165) is 18.4 Å². The van der Waals surface area contributed by atoms with Gasteiger partial charge in [-0.25, -0.2) is 4.98 Å². The Balaban J connectivity index is 2.25. The van der Waals surface area contributed by atoms with Crippen molar-refractivity contribution in [2.75, 3.05) is 6.61 Å². The molecular weight excluding hydrogens is 286 g/mol. The van der Waals surface area contributed by atoms with Gasteiger partial charge in [0, 0.05) is 18.0 Å². The number of imidazole rings is 1. The van der Waals surface area contributed by atoms with Crippen LogP contribution in [0.4, 0.5) is 0 Å². The van der Waals surface area contributed by atoms with Gasteiger partial charge in [-0.3, -0.25) is 4.57 Å². The maximum atomic E-state index is 5.21. The zero-order chi connectivity index (χ0) is 16.7. The van der Waals surface area contributed by atoms with Gasteiger partial charge in [-0.05, 0) is 29.9 Å². The first-order valence-corrected chi connectivity index (χ1v) is 7.71. The Morgan fingerprint density at radius 2 is 2.22 bits per heavy atom. The first-order valence-electron chi connectivity index (χ1n) is 7.71. The summed E-state index contributed by atoms with van der Waals surface area (Å²) in [6, 6.07) is 8.34. The Kier molecular flexibility index (Phi) is 5.59. The van der Waals surface area contributed by atoms with Crippen LogP contribution < -0.4 is 0 Å². The molecule has 0 radical (unpaired) electrons. The lowest BCUT2D eigenvalue weighted by molar-refractivity contribution is 0.179. The monoisotopic (exact) mass is 309 g/mol. The molecule has 1 heterocycles. The minimum Gasteiger partial charge on any atom is -0.381 e. The average molecular weight is 309 g/mol. The summed E-state index contributed by atoms with van der Waals surface area (Å²) in [6.45, 7) is 6.90. The van der Waals surface area contributed by atoms with Crippen molar-refractivity contribution in [1.29, 1.82) is 0 Å². The Bertz CT molecular complexity index is 688. The number of benzene rings is 1. The lowest BCUT2D eigenvalue weighted by Gasteiger charge is -2.18. The minimum atomic E-state index is 0.141. The Hall–Kier alpha value is -2.54. The highest BCUT2D eigenvalue weighted by Gasteiger charge is 2.12. The van der Waals surface area contributed by atoms with Crippen LogP contribution >= 0.6 is 0 Å². The third kappa shape index (κ3) is 5.30. The van der Waals surface area contributed by atoms with E-state index in [1.54, 1.807) is 12.5 Å². The first kappa shape index (κ1) is 16.8. The molecule has 0 aliphatic heterocycles. The largest absolute Gasteiger partial charge is 0.381 e. The van der Waals surface area contributed by atoms with Gasteiger partial charge in [0.15, 0.2) is 12.4 Å². The molecule has 0 unspecified atom stereocenters. The molecule has 0 saturated carbocycles. The molecule has 0 saturated heterocycles. The molecular formula is C19H23N3O. The Labute approximate surface area is 138 Å². The summed E-state index contributed by atoms with van der Waals surface area (Å²) in [5.41, 5.74) is 2.57. The summed E-state index contributed by atoms with van der Waals surface area (Å²) in [5.74, 6) is 3.09. The van der Waals surface area contributed by atoms with Gasteiger partial charge in [0.1, 0.15) is 6.33 Å². The summed E-state index contributed by atoms with van der Waals surface area (Å²) >= 11 is 0. The van der Waals surface area contributed by atoms with Crippen LogP contribution in [0.2, 0.25) is 0 Å². The van der Waals surface area contributed by atoms with Crippen LogP contribution in [0, 0.1) is 17.8 Å². The van der Waals surface area contributed by atoms with Crippen molar-refractivity contribution < 1.29 is 4.84 Å². The van der Waals surface area contributed by atoms with Gasteiger partial charge in [-0.1, -0.05) is 50.0 Å². The molecule has 0 fully saturated rings. The van der Waals surface area contributed by atoms with Gasteiger partial charge >= 0.3 is 0 Å². The lowest BCUT2D eigenvalue weighted by Crippen LogP contribution is -2.13. The zero-order valence-electron chi connectivity index (χ0n) is 14.0. The van der Waals surface area contributed by atoms with Crippen molar-refractivity contribution in [3.8, 4) is 12.3 Å². The molecule has 0 bridgehead atoms. The predicted octanol–water partition coefficient (Wildman–Crippen LogP) is 3.72. The fourth-order valence-electron chi connectivity index (χ4n) is 2.15. The van der Waals surface area contributed by atoms with Gasteiger partial charge in [-0.2, -0.15) is 0 Å². The number of hydrogen-bond acceptors (Lipinski definition) is 3. The van der Waals surface area contributed by atoms with E-state index in [2.05, 4.69) is 49.0 Å². The molecule has 23 heavy (non-hydrogen) atoms. The van der Waals surface area contributed by atoms with Crippen LogP contribution in [0.25, 0.3) is 0 Å². The van der Waals surface area contributed by atoms with E-state index in [1.165, 1.54) is 5.56 Å². The molecule has 0 amide bonds. The van der Waals surface area contributed by atoms with Crippen molar-refractivity contribution in [3.05, 3.63) is 54.1 Å². The van der Waals surface area contributed by atoms with Crippen LogP contribution in [-0.4, -0.2) is 22.0 Å². The fraction of sp³-hybridized carbons (Fsp3) is 0.368. The SMILES string of the molecule is C#CCON=C(c1cccc(CCC(C)(C)C)c1)n1ccnc1. The average Bonchev–Trinajstić information content (AvgIpc) is 3.03. The van der Waals surface area contributed by atoms with E-state index in [1.807, 2.05) is 22.9 Å². The number of aryl methyl sites for hydroxylation is 1. The third-order valence-corrected chi connectivity index (χ3v) is 3.40. The molecule has 1 aromatic carbocycles. The molecule has 4 heteroatoms. The third-order valence-electron chi connectivity index (χ3n) is 3.40. The van der Waals surface area contributed by atoms with Crippen molar-refractivity contribution in [2.45, 2.75) is 33.6 Å². The van der Waals surface area contributed by atoms with Gasteiger partial charge in [0.05, 0.1) is 0 Å². The van der Waals surface area contributed by atoms with Crippen molar-refractivity contribution in [3.63, 3.8) is 0 Å². The lowest BCUT2D eigenvalue weighted by atomic mass is 9.88. The molecule has 1 aromatic heterocycles. The normalized spacial score (nSPS) is 12.0. The summed E-state index contributed by atoms with van der Waals surface area (Å²) in [6.07, 6.45) is 12.6. The fourth-order valence-corrected chi connectivity index (χ4v) is 2.15. The summed E-state index contributed by atoms with van der Waals surface area (Å²) in [7, 11) is 0. The van der Waals surface area contributed by atoms with Crippen LogP contribution in [0.1, 0.15) is 38.3 Å². The smallest absolute Gasteiger partial charge is 0.184 e. The van der Waals surface area contributed by atoms with Crippen molar-refractivity contribution in [2.24, 2.45) is 10.6 Å². The second-order valence-electron chi connectivity index (χ2n) is 6.62. The summed E-state index contributed by atoms with van der Waals surface area (Å²) in [4.78, 5) is 9.25. The number of nitrogens with zero attached hydrogens (tertiary/aromatic N) is 3. The van der Waals surface area contributed by atoms with Crippen LogP contribution in [0.5, 0.6) is 0 Å². The molecule has 2 aromatic rings. The van der Waals surface area contributed by atoms with E-state index in [9.17, 15) is 0 Å². The highest BCUT2D eigenvalue weighted by Crippen LogP contribution is 2.22. The van der Waals surface area contributed by atoms with E-state index < -0.39 is 0 Å². The second-order valence-corrected chi connectivity index (χ2v) is 6.62. The number of oxime groups is 1. The standard InChI is InChI=1S/C19H23N3O/c1-5-13-23-21-18(22-12-11-20-15-22)17-8-6-7-16(14-17)9-10-19(2,3)4/h1,6-8,11-12,14-15H,9-10,13H2,2-4H3. The van der Waals surface area contributed by atoms with E-state index in [0.29, 0.717) is 11.3 Å². The van der Waals surface area contributed by atoms with Crippen LogP contribution in [-0.2, 0) is 11.3 Å². The molecule has 0 aliphatic carbocycles. The molecule has 0 N–H and O–H groups in total. The minimum absolute atomic E-state index is 0.141. The molecule has 2 rings (SSSR count). The Morgan fingerprint density at radius 3 is 2.87 bits per heavy atom. The molecule has 120 valence electrons. The number of rotatable bonds is 5. The number of terminal acetylenes is 1. The zero-order valence-corrected chi connectivity index (χ0v) is 14.0. The van der Waals surface area contributed by atoms with Gasteiger partial charge in [0.25, 0.3) is 0 Å². The van der Waals surface area contributed by atoms with E-state index >= 15 is 0 Å². The highest BCUT2D eigenvalue weighted by molar-refractivity contribution is 6.00. The Morgan fingerprint density at radius 1 is 1.39 bits per heavy atom. The molecule has 0 atom stereocenters. The van der Waals surface area contributed by atoms with Crippen LogP contribution in [0.3, 0.4) is 0 Å². The second kappa shape index (κ2) is 7.64. The van der Waals surface area contributed by atoms with Crippen LogP contribution in [0.15, 0.2) is 48.1 Å². The summed E-state index contributed by atoms with van der Waals surface area (Å²) < 4.78 is 1.82. The molecule has 0 aliphatic rings. The molecule has 0 spiro atoms. The van der Waals surface area contributed by atoms with Crippen molar-refractivity contribution >= 4 is 5.84 Å². The van der Waals surface area contributed by atoms with E-state index in [4.69, 9.17) is 11.3 Å². The summed E-state index contributed by atoms with van der Waals surface area (Å²) in [5, 5.41) is 4.17. The van der Waals surface area contributed by atoms with Crippen molar-refractivity contribution in [1.82, 2.24) is 9.55 Å². The van der Waals surface area contributed by atoms with Gasteiger partial charge in [-0.15, -0.1) is 6.42 Å². The number of aromatic nitrogens is 2. The maximum Gasteiger partial charge on any atom is 0.184 e. The van der Waals surface area contributed by atoms with Gasteiger partial charge in [0.2, 0.25) is 0 Å². The first-order chi connectivity index (χ1) is 11.0.